The first-order chi connectivity index (χ1) is 7.85. The predicted octanol–water partition coefficient (Wildman–Crippen LogP) is 4.04. The molecule has 1 aromatic carbocycles. The Morgan fingerprint density at radius 1 is 1.31 bits per heavy atom. The number of halogens is 1. The van der Waals surface area contributed by atoms with E-state index in [0.29, 0.717) is 5.88 Å². The number of nitrogens with zero attached hydrogens (tertiary/aromatic N) is 2. The molecule has 0 N–H and O–H groups in total. The first kappa shape index (κ1) is 11.4. The van der Waals surface area contributed by atoms with Crippen molar-refractivity contribution in [1.29, 1.82) is 0 Å². The van der Waals surface area contributed by atoms with Crippen molar-refractivity contribution in [2.24, 2.45) is 0 Å². The van der Waals surface area contributed by atoms with Gasteiger partial charge in [0.15, 0.2) is 5.13 Å². The van der Waals surface area contributed by atoms with Crippen LogP contribution in [0, 0.1) is 0 Å². The van der Waals surface area contributed by atoms with Crippen LogP contribution in [0.3, 0.4) is 0 Å². The molecule has 0 saturated carbocycles. The number of hydrogen-bond donors (Lipinski definition) is 0. The van der Waals surface area contributed by atoms with Gasteiger partial charge < -0.3 is 4.90 Å². The Kier molecular flexibility index (Phi) is 3.80. The molecule has 1 aromatic heterocycles. The third-order valence-electron chi connectivity index (χ3n) is 2.29. The molecule has 16 heavy (non-hydrogen) atoms. The highest BCUT2D eigenvalue weighted by atomic mass is 35.5. The second-order valence-corrected chi connectivity index (χ2v) is 4.44. The van der Waals surface area contributed by atoms with Crippen LogP contribution in [-0.2, 0) is 5.88 Å². The maximum Gasteiger partial charge on any atom is 0.190 e. The van der Waals surface area contributed by atoms with Crippen molar-refractivity contribution >= 4 is 33.8 Å². The molecule has 2 nitrogen and oxygen atoms in total. The average Bonchev–Trinajstić information content (AvgIpc) is 2.80. The number of anilines is 2. The molecule has 0 spiro atoms. The Morgan fingerprint density at radius 3 is 2.62 bits per heavy atom. The molecule has 1 heterocycles. The second-order valence-electron chi connectivity index (χ2n) is 3.33. The van der Waals surface area contributed by atoms with Gasteiger partial charge in [-0.3, -0.25) is 0 Å². The van der Waals surface area contributed by atoms with Crippen molar-refractivity contribution in [3.63, 3.8) is 0 Å². The van der Waals surface area contributed by atoms with Crippen molar-refractivity contribution in [1.82, 2.24) is 4.98 Å². The topological polar surface area (TPSA) is 16.1 Å². The van der Waals surface area contributed by atoms with Crippen molar-refractivity contribution in [3.05, 3.63) is 41.4 Å². The Balaban J connectivity index is 2.29. The molecule has 4 heteroatoms. The molecule has 0 aliphatic carbocycles. The van der Waals surface area contributed by atoms with Gasteiger partial charge in [-0.1, -0.05) is 18.2 Å². The van der Waals surface area contributed by atoms with Crippen LogP contribution in [0.4, 0.5) is 10.8 Å². The van der Waals surface area contributed by atoms with Crippen LogP contribution in [0.1, 0.15) is 12.6 Å². The zero-order chi connectivity index (χ0) is 11.4. The summed E-state index contributed by atoms with van der Waals surface area (Å²) in [4.78, 5) is 6.67. The van der Waals surface area contributed by atoms with Gasteiger partial charge in [-0.05, 0) is 19.1 Å². The highest BCUT2D eigenvalue weighted by Gasteiger charge is 2.10. The van der Waals surface area contributed by atoms with Crippen LogP contribution in [0.25, 0.3) is 0 Å². The van der Waals surface area contributed by atoms with Crippen molar-refractivity contribution in [2.75, 3.05) is 11.4 Å². The van der Waals surface area contributed by atoms with Crippen molar-refractivity contribution in [3.8, 4) is 0 Å². The number of alkyl halides is 1. The SMILES string of the molecule is CCN(c1ccccc1)c1nc(CCl)cs1. The van der Waals surface area contributed by atoms with E-state index in [1.54, 1.807) is 11.3 Å². The summed E-state index contributed by atoms with van der Waals surface area (Å²) < 4.78 is 0. The Hall–Kier alpha value is -1.06. The fourth-order valence-electron chi connectivity index (χ4n) is 1.52. The molecule has 84 valence electrons. The molecule has 0 bridgehead atoms. The van der Waals surface area contributed by atoms with Gasteiger partial charge in [0.25, 0.3) is 0 Å². The number of para-hydroxylation sites is 1. The summed E-state index contributed by atoms with van der Waals surface area (Å²) in [6.07, 6.45) is 0. The van der Waals surface area contributed by atoms with Crippen molar-refractivity contribution < 1.29 is 0 Å². The first-order valence-corrected chi connectivity index (χ1v) is 6.59. The van der Waals surface area contributed by atoms with Gasteiger partial charge in [-0.15, -0.1) is 22.9 Å². The lowest BCUT2D eigenvalue weighted by molar-refractivity contribution is 1.00. The molecular formula is C12H13ClN2S. The summed E-state index contributed by atoms with van der Waals surface area (Å²) in [5.41, 5.74) is 2.11. The molecule has 0 aliphatic rings. The summed E-state index contributed by atoms with van der Waals surface area (Å²) >= 11 is 7.39. The summed E-state index contributed by atoms with van der Waals surface area (Å²) in [6.45, 7) is 3.02. The fraction of sp³-hybridized carbons (Fsp3) is 0.250. The van der Waals surface area contributed by atoms with E-state index in [2.05, 4.69) is 28.9 Å². The number of benzene rings is 1. The van der Waals surface area contributed by atoms with Gasteiger partial charge in [0.1, 0.15) is 0 Å². The highest BCUT2D eigenvalue weighted by Crippen LogP contribution is 2.28. The predicted molar refractivity (Wildman–Crippen MR) is 70.8 cm³/mol. The van der Waals surface area contributed by atoms with E-state index in [1.807, 2.05) is 23.6 Å². The van der Waals surface area contributed by atoms with Gasteiger partial charge in [0, 0.05) is 17.6 Å². The van der Waals surface area contributed by atoms with Crippen LogP contribution in [0.5, 0.6) is 0 Å². The normalized spacial score (nSPS) is 10.4. The minimum absolute atomic E-state index is 0.475. The summed E-state index contributed by atoms with van der Waals surface area (Å²) in [5, 5.41) is 3.01. The summed E-state index contributed by atoms with van der Waals surface area (Å²) in [7, 11) is 0. The van der Waals surface area contributed by atoms with E-state index in [4.69, 9.17) is 11.6 Å². The number of hydrogen-bond acceptors (Lipinski definition) is 3. The third-order valence-corrected chi connectivity index (χ3v) is 3.48. The maximum atomic E-state index is 5.76. The van der Waals surface area contributed by atoms with Gasteiger partial charge in [0.2, 0.25) is 0 Å². The average molecular weight is 253 g/mol. The minimum Gasteiger partial charge on any atom is -0.318 e. The molecule has 2 aromatic rings. The molecule has 0 radical (unpaired) electrons. The van der Waals surface area contributed by atoms with Crippen LogP contribution in [0.15, 0.2) is 35.7 Å². The largest absolute Gasteiger partial charge is 0.318 e. The van der Waals surface area contributed by atoms with E-state index in [0.717, 1.165) is 17.4 Å². The molecule has 0 aliphatic heterocycles. The van der Waals surface area contributed by atoms with Crippen molar-refractivity contribution in [2.45, 2.75) is 12.8 Å². The standard InChI is InChI=1S/C12H13ClN2S/c1-2-15(11-6-4-3-5-7-11)12-14-10(8-13)9-16-12/h3-7,9H,2,8H2,1H3. The van der Waals surface area contributed by atoms with Gasteiger partial charge >= 0.3 is 0 Å². The van der Waals surface area contributed by atoms with E-state index in [1.165, 1.54) is 5.69 Å². The fourth-order valence-corrected chi connectivity index (χ4v) is 2.66. The Bertz CT molecular complexity index is 441. The first-order valence-electron chi connectivity index (χ1n) is 5.18. The second kappa shape index (κ2) is 5.32. The van der Waals surface area contributed by atoms with Crippen LogP contribution in [-0.4, -0.2) is 11.5 Å². The van der Waals surface area contributed by atoms with Gasteiger partial charge in [-0.2, -0.15) is 0 Å². The maximum absolute atomic E-state index is 5.76. The van der Waals surface area contributed by atoms with E-state index < -0.39 is 0 Å². The van der Waals surface area contributed by atoms with Gasteiger partial charge in [0.05, 0.1) is 11.6 Å². The monoisotopic (exact) mass is 252 g/mol. The van der Waals surface area contributed by atoms with E-state index in [9.17, 15) is 0 Å². The van der Waals surface area contributed by atoms with Gasteiger partial charge in [-0.25, -0.2) is 4.98 Å². The van der Waals surface area contributed by atoms with Crippen LogP contribution in [0.2, 0.25) is 0 Å². The van der Waals surface area contributed by atoms with Crippen LogP contribution < -0.4 is 4.90 Å². The molecular weight excluding hydrogens is 240 g/mol. The lowest BCUT2D eigenvalue weighted by atomic mass is 10.3. The quantitative estimate of drug-likeness (QED) is 0.764. The number of thiazole rings is 1. The Labute approximate surface area is 105 Å². The molecule has 0 saturated heterocycles. The lowest BCUT2D eigenvalue weighted by Gasteiger charge is -2.19. The molecule has 2 rings (SSSR count). The Morgan fingerprint density at radius 2 is 2.06 bits per heavy atom. The summed E-state index contributed by atoms with van der Waals surface area (Å²) in [5.74, 6) is 0.475. The highest BCUT2D eigenvalue weighted by molar-refractivity contribution is 7.13. The molecule has 0 fully saturated rings. The zero-order valence-corrected chi connectivity index (χ0v) is 10.6. The van der Waals surface area contributed by atoms with E-state index >= 15 is 0 Å². The molecule has 0 atom stereocenters. The molecule has 0 unspecified atom stereocenters. The van der Waals surface area contributed by atoms with E-state index in [-0.39, 0.29) is 0 Å². The number of aromatic nitrogens is 1. The smallest absolute Gasteiger partial charge is 0.190 e. The minimum atomic E-state index is 0.475. The number of rotatable bonds is 4. The molecule has 0 amide bonds. The lowest BCUT2D eigenvalue weighted by Crippen LogP contribution is -2.15. The third kappa shape index (κ3) is 2.36. The zero-order valence-electron chi connectivity index (χ0n) is 9.06. The summed E-state index contributed by atoms with van der Waals surface area (Å²) in [6, 6.07) is 10.3. The van der Waals surface area contributed by atoms with Crippen LogP contribution >= 0.6 is 22.9 Å².